The number of nitrogen functional groups attached to an aromatic ring is 1. The van der Waals surface area contributed by atoms with Gasteiger partial charge in [0.05, 0.1) is 16.7 Å². The third-order valence-electron chi connectivity index (χ3n) is 1.95. The molecule has 88 valence electrons. The Balaban J connectivity index is 2.08. The largest absolute Gasteiger partial charge is 0.363 e. The zero-order valence-corrected chi connectivity index (χ0v) is 10.3. The third kappa shape index (κ3) is 3.08. The first-order valence-electron chi connectivity index (χ1n) is 4.77. The van der Waals surface area contributed by atoms with Crippen LogP contribution in [0.25, 0.3) is 0 Å². The van der Waals surface area contributed by atoms with Crippen LogP contribution in [0.2, 0.25) is 0 Å². The van der Waals surface area contributed by atoms with E-state index in [1.54, 1.807) is 12.4 Å². The van der Waals surface area contributed by atoms with Gasteiger partial charge in [0.1, 0.15) is 12.1 Å². The predicted molar refractivity (Wildman–Crippen MR) is 66.9 cm³/mol. The summed E-state index contributed by atoms with van der Waals surface area (Å²) in [5.41, 5.74) is 3.25. The summed E-state index contributed by atoms with van der Waals surface area (Å²) in [4.78, 5) is 16.0. The number of rotatable bonds is 4. The average molecular weight is 296 g/mol. The first-order valence-corrected chi connectivity index (χ1v) is 5.57. The van der Waals surface area contributed by atoms with Crippen molar-refractivity contribution in [1.29, 1.82) is 0 Å². The SMILES string of the molecule is NNc1ncc(Br)c(NCc2ccncn2)n1. The second-order valence-corrected chi connectivity index (χ2v) is 3.94. The number of halogens is 1. The van der Waals surface area contributed by atoms with E-state index in [0.29, 0.717) is 18.3 Å². The van der Waals surface area contributed by atoms with Crippen LogP contribution in [-0.4, -0.2) is 19.9 Å². The van der Waals surface area contributed by atoms with E-state index in [4.69, 9.17) is 5.84 Å². The van der Waals surface area contributed by atoms with Crippen LogP contribution in [0.5, 0.6) is 0 Å². The lowest BCUT2D eigenvalue weighted by atomic mass is 10.4. The fraction of sp³-hybridized carbons (Fsp3) is 0.111. The molecule has 0 amide bonds. The number of nitrogens with one attached hydrogen (secondary N) is 2. The van der Waals surface area contributed by atoms with Gasteiger partial charge in [-0.2, -0.15) is 4.98 Å². The van der Waals surface area contributed by atoms with Crippen molar-refractivity contribution in [3.05, 3.63) is 35.0 Å². The Labute approximate surface area is 106 Å². The molecule has 0 aliphatic heterocycles. The molecule has 2 aromatic heterocycles. The molecule has 4 N–H and O–H groups in total. The summed E-state index contributed by atoms with van der Waals surface area (Å²) in [5, 5.41) is 3.12. The quantitative estimate of drug-likeness (QED) is 0.569. The molecule has 0 saturated heterocycles. The van der Waals surface area contributed by atoms with Crippen molar-refractivity contribution in [2.45, 2.75) is 6.54 Å². The first-order chi connectivity index (χ1) is 8.29. The number of hydrazine groups is 1. The van der Waals surface area contributed by atoms with Gasteiger partial charge in [-0.1, -0.05) is 0 Å². The molecule has 0 fully saturated rings. The third-order valence-corrected chi connectivity index (χ3v) is 2.53. The van der Waals surface area contributed by atoms with Gasteiger partial charge in [0.25, 0.3) is 0 Å². The molecule has 0 aromatic carbocycles. The number of anilines is 2. The fourth-order valence-electron chi connectivity index (χ4n) is 1.16. The second-order valence-electron chi connectivity index (χ2n) is 3.09. The molecule has 2 rings (SSSR count). The number of hydrogen-bond acceptors (Lipinski definition) is 7. The van der Waals surface area contributed by atoms with Crippen LogP contribution in [0.15, 0.2) is 29.3 Å². The van der Waals surface area contributed by atoms with Gasteiger partial charge in [0, 0.05) is 12.4 Å². The van der Waals surface area contributed by atoms with Gasteiger partial charge in [-0.15, -0.1) is 0 Å². The summed E-state index contributed by atoms with van der Waals surface area (Å²) >= 11 is 3.34. The van der Waals surface area contributed by atoms with Gasteiger partial charge in [0.2, 0.25) is 5.95 Å². The number of hydrogen-bond donors (Lipinski definition) is 3. The molecule has 8 heteroatoms. The van der Waals surface area contributed by atoms with E-state index in [1.807, 2.05) is 6.07 Å². The van der Waals surface area contributed by atoms with Gasteiger partial charge in [-0.25, -0.2) is 20.8 Å². The summed E-state index contributed by atoms with van der Waals surface area (Å²) in [7, 11) is 0. The summed E-state index contributed by atoms with van der Waals surface area (Å²) in [6.07, 6.45) is 4.80. The van der Waals surface area contributed by atoms with Crippen molar-refractivity contribution >= 4 is 27.7 Å². The van der Waals surface area contributed by atoms with E-state index >= 15 is 0 Å². The minimum absolute atomic E-state index is 0.346. The van der Waals surface area contributed by atoms with Gasteiger partial charge in [0.15, 0.2) is 0 Å². The summed E-state index contributed by atoms with van der Waals surface area (Å²) in [6.45, 7) is 0.544. The molecule has 2 heterocycles. The monoisotopic (exact) mass is 295 g/mol. The average Bonchev–Trinajstić information content (AvgIpc) is 2.39. The Morgan fingerprint density at radius 3 is 2.94 bits per heavy atom. The van der Waals surface area contributed by atoms with E-state index in [2.05, 4.69) is 46.6 Å². The predicted octanol–water partition coefficient (Wildman–Crippen LogP) is 0.927. The van der Waals surface area contributed by atoms with Crippen LogP contribution < -0.4 is 16.6 Å². The Morgan fingerprint density at radius 1 is 1.35 bits per heavy atom. The van der Waals surface area contributed by atoms with E-state index < -0.39 is 0 Å². The van der Waals surface area contributed by atoms with Crippen molar-refractivity contribution in [2.75, 3.05) is 10.7 Å². The maximum atomic E-state index is 5.24. The normalized spacial score (nSPS) is 10.0. The standard InChI is InChI=1S/C9H10BrN7/c10-7-4-14-9(17-11)16-8(7)13-3-6-1-2-12-5-15-6/h1-2,4-5H,3,11H2,(H2,13,14,16,17). The first kappa shape index (κ1) is 11.7. The molecule has 0 saturated carbocycles. The van der Waals surface area contributed by atoms with Gasteiger partial charge >= 0.3 is 0 Å². The minimum atomic E-state index is 0.346. The number of nitrogens with zero attached hydrogens (tertiary/aromatic N) is 4. The van der Waals surface area contributed by atoms with Gasteiger partial charge in [-0.05, 0) is 22.0 Å². The lowest BCUT2D eigenvalue weighted by molar-refractivity contribution is 0.986. The van der Waals surface area contributed by atoms with Crippen molar-refractivity contribution in [3.8, 4) is 0 Å². The van der Waals surface area contributed by atoms with Crippen molar-refractivity contribution < 1.29 is 0 Å². The smallest absolute Gasteiger partial charge is 0.239 e. The molecule has 17 heavy (non-hydrogen) atoms. The zero-order chi connectivity index (χ0) is 12.1. The molecular weight excluding hydrogens is 286 g/mol. The van der Waals surface area contributed by atoms with Crippen LogP contribution in [-0.2, 0) is 6.54 Å². The Morgan fingerprint density at radius 2 is 2.24 bits per heavy atom. The molecule has 0 atom stereocenters. The molecule has 0 bridgehead atoms. The maximum absolute atomic E-state index is 5.24. The number of aromatic nitrogens is 4. The van der Waals surface area contributed by atoms with E-state index in [9.17, 15) is 0 Å². The second kappa shape index (κ2) is 5.51. The van der Waals surface area contributed by atoms with Gasteiger partial charge < -0.3 is 5.32 Å². The highest BCUT2D eigenvalue weighted by molar-refractivity contribution is 9.10. The van der Waals surface area contributed by atoms with Crippen LogP contribution >= 0.6 is 15.9 Å². The highest BCUT2D eigenvalue weighted by Gasteiger charge is 2.04. The maximum Gasteiger partial charge on any atom is 0.239 e. The zero-order valence-electron chi connectivity index (χ0n) is 8.76. The van der Waals surface area contributed by atoms with Crippen LogP contribution in [0.1, 0.15) is 5.69 Å². The van der Waals surface area contributed by atoms with E-state index in [0.717, 1.165) is 10.2 Å². The minimum Gasteiger partial charge on any atom is -0.363 e. The van der Waals surface area contributed by atoms with E-state index in [-0.39, 0.29) is 0 Å². The number of nitrogens with two attached hydrogens (primary N) is 1. The molecule has 0 aliphatic carbocycles. The summed E-state index contributed by atoms with van der Waals surface area (Å²) < 4.78 is 0.755. The molecular formula is C9H10BrN7. The molecule has 0 spiro atoms. The lowest BCUT2D eigenvalue weighted by Gasteiger charge is -2.07. The topological polar surface area (TPSA) is 102 Å². The van der Waals surface area contributed by atoms with Gasteiger partial charge in [-0.3, -0.25) is 5.43 Å². The molecule has 0 unspecified atom stereocenters. The lowest BCUT2D eigenvalue weighted by Crippen LogP contribution is -2.12. The fourth-order valence-corrected chi connectivity index (χ4v) is 1.49. The van der Waals surface area contributed by atoms with Crippen LogP contribution in [0, 0.1) is 0 Å². The van der Waals surface area contributed by atoms with E-state index in [1.165, 1.54) is 6.33 Å². The van der Waals surface area contributed by atoms with Crippen LogP contribution in [0.4, 0.5) is 11.8 Å². The Bertz CT molecular complexity index is 490. The van der Waals surface area contributed by atoms with Crippen LogP contribution in [0.3, 0.4) is 0 Å². The molecule has 2 aromatic rings. The van der Waals surface area contributed by atoms with Crippen molar-refractivity contribution in [3.63, 3.8) is 0 Å². The Kier molecular flexibility index (Phi) is 3.78. The molecule has 0 aliphatic rings. The Hall–Kier alpha value is -1.80. The molecule has 0 radical (unpaired) electrons. The highest BCUT2D eigenvalue weighted by atomic mass is 79.9. The summed E-state index contributed by atoms with van der Waals surface area (Å²) in [6, 6.07) is 1.82. The van der Waals surface area contributed by atoms with Crippen molar-refractivity contribution in [2.24, 2.45) is 5.84 Å². The van der Waals surface area contributed by atoms with Crippen molar-refractivity contribution in [1.82, 2.24) is 19.9 Å². The summed E-state index contributed by atoms with van der Waals surface area (Å²) in [5.74, 6) is 6.23. The molecule has 7 nitrogen and oxygen atoms in total. The highest BCUT2D eigenvalue weighted by Crippen LogP contribution is 2.20.